The van der Waals surface area contributed by atoms with Gasteiger partial charge >= 0.3 is 6.03 Å². The number of carbonyl (C=O) groups is 1. The third-order valence-corrected chi connectivity index (χ3v) is 5.68. The quantitative estimate of drug-likeness (QED) is 0.794. The zero-order chi connectivity index (χ0) is 18.0. The molecule has 0 bridgehead atoms. The molecule has 25 heavy (non-hydrogen) atoms. The van der Waals surface area contributed by atoms with Crippen molar-refractivity contribution in [3.63, 3.8) is 0 Å². The van der Waals surface area contributed by atoms with E-state index in [9.17, 15) is 4.79 Å². The smallest absolute Gasteiger partial charge is 0.317 e. The van der Waals surface area contributed by atoms with E-state index in [-0.39, 0.29) is 23.8 Å². The summed E-state index contributed by atoms with van der Waals surface area (Å²) in [6.07, 6.45) is 3.84. The van der Waals surface area contributed by atoms with Gasteiger partial charge in [-0.25, -0.2) is 4.79 Å². The van der Waals surface area contributed by atoms with Crippen molar-refractivity contribution in [3.8, 4) is 0 Å². The Kier molecular flexibility index (Phi) is 5.91. The number of urea groups is 1. The summed E-state index contributed by atoms with van der Waals surface area (Å²) in [6.45, 7) is 13.6. The van der Waals surface area contributed by atoms with Crippen LogP contribution in [0.25, 0.3) is 0 Å². The number of nitrogens with zero attached hydrogens (tertiary/aromatic N) is 2. The number of rotatable bonds is 6. The van der Waals surface area contributed by atoms with Gasteiger partial charge in [-0.3, -0.25) is 4.90 Å². The number of carbonyl (C=O) groups excluding carboxylic acids is 1. The fourth-order valence-electron chi connectivity index (χ4n) is 3.97. The average molecular weight is 354 g/mol. The van der Waals surface area contributed by atoms with E-state index in [0.717, 1.165) is 52.1 Å². The summed E-state index contributed by atoms with van der Waals surface area (Å²) in [5.41, 5.74) is -0.0757. The first-order chi connectivity index (χ1) is 11.8. The summed E-state index contributed by atoms with van der Waals surface area (Å²) >= 11 is 0. The van der Waals surface area contributed by atoms with Gasteiger partial charge < -0.3 is 19.7 Å². The Morgan fingerprint density at radius 1 is 1.20 bits per heavy atom. The van der Waals surface area contributed by atoms with Crippen molar-refractivity contribution in [3.05, 3.63) is 0 Å². The zero-order valence-electron chi connectivity index (χ0n) is 16.3. The number of hydrogen-bond acceptors (Lipinski definition) is 4. The van der Waals surface area contributed by atoms with Gasteiger partial charge in [-0.15, -0.1) is 0 Å². The molecule has 0 aromatic heterocycles. The lowest BCUT2D eigenvalue weighted by Crippen LogP contribution is -2.59. The van der Waals surface area contributed by atoms with E-state index in [1.54, 1.807) is 0 Å². The molecule has 2 aliphatic heterocycles. The maximum atomic E-state index is 12.8. The van der Waals surface area contributed by atoms with E-state index in [4.69, 9.17) is 9.47 Å². The van der Waals surface area contributed by atoms with Gasteiger partial charge in [0.25, 0.3) is 0 Å². The Morgan fingerprint density at radius 3 is 2.44 bits per heavy atom. The number of amides is 2. The molecule has 6 nitrogen and oxygen atoms in total. The predicted molar refractivity (Wildman–Crippen MR) is 97.7 cm³/mol. The highest BCUT2D eigenvalue weighted by Crippen LogP contribution is 2.29. The maximum Gasteiger partial charge on any atom is 0.317 e. The first-order valence-electron chi connectivity index (χ1n) is 9.88. The minimum absolute atomic E-state index is 0.0757. The van der Waals surface area contributed by atoms with E-state index >= 15 is 0 Å². The van der Waals surface area contributed by atoms with Crippen molar-refractivity contribution in [2.75, 3.05) is 39.4 Å². The van der Waals surface area contributed by atoms with Crippen LogP contribution in [0, 0.1) is 5.92 Å². The maximum absolute atomic E-state index is 12.8. The van der Waals surface area contributed by atoms with Crippen LogP contribution >= 0.6 is 0 Å². The third kappa shape index (κ3) is 5.08. The first-order valence-corrected chi connectivity index (χ1v) is 9.88. The van der Waals surface area contributed by atoms with Gasteiger partial charge in [0.1, 0.15) is 0 Å². The summed E-state index contributed by atoms with van der Waals surface area (Å²) in [6, 6.07) is 0.531. The molecule has 3 fully saturated rings. The van der Waals surface area contributed by atoms with Crippen LogP contribution in [0.1, 0.15) is 47.0 Å². The lowest BCUT2D eigenvalue weighted by Gasteiger charge is -2.45. The van der Waals surface area contributed by atoms with E-state index in [2.05, 4.69) is 42.8 Å². The van der Waals surface area contributed by atoms with Gasteiger partial charge in [0, 0.05) is 50.3 Å². The number of hydrogen-bond donors (Lipinski definition) is 1. The van der Waals surface area contributed by atoms with Crippen LogP contribution in [0.15, 0.2) is 0 Å². The zero-order valence-corrected chi connectivity index (χ0v) is 16.3. The van der Waals surface area contributed by atoms with Crippen LogP contribution in [0.3, 0.4) is 0 Å². The van der Waals surface area contributed by atoms with Crippen LogP contribution < -0.4 is 5.32 Å². The van der Waals surface area contributed by atoms with Crippen LogP contribution in [-0.2, 0) is 9.47 Å². The molecule has 3 unspecified atom stereocenters. The van der Waals surface area contributed by atoms with Gasteiger partial charge in [-0.2, -0.15) is 0 Å². The monoisotopic (exact) mass is 353 g/mol. The predicted octanol–water partition coefficient (Wildman–Crippen LogP) is 2.08. The van der Waals surface area contributed by atoms with Crippen molar-refractivity contribution in [2.24, 2.45) is 5.92 Å². The molecule has 0 spiro atoms. The molecule has 3 atom stereocenters. The van der Waals surface area contributed by atoms with Crippen LogP contribution in [0.5, 0.6) is 0 Å². The van der Waals surface area contributed by atoms with E-state index in [1.807, 2.05) is 0 Å². The fraction of sp³-hybridized carbons (Fsp3) is 0.947. The second kappa shape index (κ2) is 7.80. The Bertz CT molecular complexity index is 451. The number of morpholine rings is 1. The molecule has 144 valence electrons. The van der Waals surface area contributed by atoms with Gasteiger partial charge in [-0.05, 0) is 47.0 Å². The summed E-state index contributed by atoms with van der Waals surface area (Å²) in [5, 5.41) is 3.21. The van der Waals surface area contributed by atoms with Crippen molar-refractivity contribution in [2.45, 2.75) is 70.7 Å². The summed E-state index contributed by atoms with van der Waals surface area (Å²) in [7, 11) is 0. The van der Waals surface area contributed by atoms with Crippen molar-refractivity contribution in [1.82, 2.24) is 15.1 Å². The van der Waals surface area contributed by atoms with Gasteiger partial charge in [0.05, 0.1) is 18.8 Å². The number of nitrogens with one attached hydrogen (secondary N) is 1. The lowest BCUT2D eigenvalue weighted by molar-refractivity contribution is -0.0948. The molecule has 1 aliphatic carbocycles. The fourth-order valence-corrected chi connectivity index (χ4v) is 3.97. The molecule has 0 aromatic rings. The molecule has 2 heterocycles. The van der Waals surface area contributed by atoms with Crippen molar-refractivity contribution in [1.29, 1.82) is 0 Å². The van der Waals surface area contributed by atoms with Gasteiger partial charge in [0.15, 0.2) is 0 Å². The molecule has 1 N–H and O–H groups in total. The molecule has 6 heteroatoms. The van der Waals surface area contributed by atoms with Crippen LogP contribution in [0.4, 0.5) is 4.79 Å². The standard InChI is InChI=1S/C19H35N3O3/c1-14-9-21(10-15(2)25-14)19(3,4)13-20-18(23)22(17-5-6-17)11-16-7-8-24-12-16/h14-17H,5-13H2,1-4H3,(H,20,23). The second-order valence-electron chi connectivity index (χ2n) is 8.75. The van der Waals surface area contributed by atoms with Crippen molar-refractivity contribution < 1.29 is 14.3 Å². The highest BCUT2D eigenvalue weighted by atomic mass is 16.5. The van der Waals surface area contributed by atoms with Gasteiger partial charge in [-0.1, -0.05) is 0 Å². The van der Waals surface area contributed by atoms with Crippen LogP contribution in [-0.4, -0.2) is 79.0 Å². The molecule has 2 saturated heterocycles. The highest BCUT2D eigenvalue weighted by molar-refractivity contribution is 5.75. The average Bonchev–Trinajstić information content (AvgIpc) is 3.25. The minimum atomic E-state index is -0.0757. The highest BCUT2D eigenvalue weighted by Gasteiger charge is 2.37. The number of ether oxygens (including phenoxy) is 2. The minimum Gasteiger partial charge on any atom is -0.381 e. The Balaban J connectivity index is 1.52. The molecule has 3 aliphatic rings. The Labute approximate surface area is 152 Å². The molecule has 3 rings (SSSR count). The Hall–Kier alpha value is -0.850. The third-order valence-electron chi connectivity index (χ3n) is 5.68. The molecule has 2 amide bonds. The lowest BCUT2D eigenvalue weighted by atomic mass is 10.00. The van der Waals surface area contributed by atoms with Crippen molar-refractivity contribution >= 4 is 6.03 Å². The molecule has 0 radical (unpaired) electrons. The largest absolute Gasteiger partial charge is 0.381 e. The molecular formula is C19H35N3O3. The van der Waals surface area contributed by atoms with Gasteiger partial charge in [0.2, 0.25) is 0 Å². The van der Waals surface area contributed by atoms with Crippen LogP contribution in [0.2, 0.25) is 0 Å². The van der Waals surface area contributed by atoms with E-state index < -0.39 is 0 Å². The molecule has 0 aromatic carbocycles. The summed E-state index contributed by atoms with van der Waals surface area (Å²) in [4.78, 5) is 17.3. The topological polar surface area (TPSA) is 54.0 Å². The molecule has 1 saturated carbocycles. The normalized spacial score (nSPS) is 31.1. The Morgan fingerprint density at radius 2 is 1.88 bits per heavy atom. The van der Waals surface area contributed by atoms with E-state index in [0.29, 0.717) is 18.5 Å². The summed E-state index contributed by atoms with van der Waals surface area (Å²) < 4.78 is 11.3. The summed E-state index contributed by atoms with van der Waals surface area (Å²) in [5.74, 6) is 0.500. The van der Waals surface area contributed by atoms with E-state index in [1.165, 1.54) is 0 Å². The second-order valence-corrected chi connectivity index (χ2v) is 8.75. The SMILES string of the molecule is CC1CN(C(C)(C)CNC(=O)N(CC2CCOC2)C2CC2)CC(C)O1. The molecular weight excluding hydrogens is 318 g/mol. The first kappa shape index (κ1) is 18.9.